The Morgan fingerprint density at radius 2 is 1.77 bits per heavy atom. The van der Waals surface area contributed by atoms with Gasteiger partial charge in [-0.15, -0.1) is 0 Å². The predicted octanol–water partition coefficient (Wildman–Crippen LogP) is 7.58. The van der Waals surface area contributed by atoms with Gasteiger partial charge in [0.05, 0.1) is 10.0 Å². The monoisotopic (exact) mass is 468 g/mol. The Hall–Kier alpha value is -0.770. The molecule has 0 N–H and O–H groups in total. The van der Waals surface area contributed by atoms with Gasteiger partial charge in [0.15, 0.2) is 0 Å². The maximum Gasteiger partial charge on any atom is 0.223 e. The van der Waals surface area contributed by atoms with Crippen LogP contribution in [0.4, 0.5) is 0 Å². The summed E-state index contributed by atoms with van der Waals surface area (Å²) < 4.78 is 0. The first-order valence-electron chi connectivity index (χ1n) is 12.4. The Labute approximate surface area is 200 Å². The molecule has 1 aromatic rings. The zero-order valence-corrected chi connectivity index (χ0v) is 21.4. The number of halogens is 2. The summed E-state index contributed by atoms with van der Waals surface area (Å²) in [5.74, 6) is 1.06. The molecule has 0 aromatic heterocycles. The van der Waals surface area contributed by atoms with Gasteiger partial charge in [0.2, 0.25) is 5.91 Å². The quantitative estimate of drug-likeness (QED) is 0.278. The molecule has 0 saturated carbocycles. The van der Waals surface area contributed by atoms with Crippen molar-refractivity contribution in [1.29, 1.82) is 0 Å². The number of nitrogens with zero attached hydrogens (tertiary/aromatic N) is 2. The molecule has 0 spiro atoms. The van der Waals surface area contributed by atoms with E-state index in [9.17, 15) is 4.79 Å². The van der Waals surface area contributed by atoms with Crippen LogP contribution >= 0.6 is 23.2 Å². The van der Waals surface area contributed by atoms with E-state index in [1.54, 1.807) is 0 Å². The minimum Gasteiger partial charge on any atom is -0.335 e. The van der Waals surface area contributed by atoms with Crippen LogP contribution in [0, 0.1) is 5.92 Å². The Morgan fingerprint density at radius 1 is 1.06 bits per heavy atom. The summed E-state index contributed by atoms with van der Waals surface area (Å²) in [6, 6.07) is 6.06. The Kier molecular flexibility index (Phi) is 12.3. The molecule has 1 aliphatic heterocycles. The SMILES string of the molecule is CCCCCCCC(=O)N(Cc1ccc(Cl)c(Cl)c1)C1CCN(CCCC(C)C)CC1. The molecule has 31 heavy (non-hydrogen) atoms. The molecule has 5 heteroatoms. The highest BCUT2D eigenvalue weighted by molar-refractivity contribution is 6.42. The minimum atomic E-state index is 0.292. The van der Waals surface area contributed by atoms with Crippen molar-refractivity contribution in [2.24, 2.45) is 5.92 Å². The fraction of sp³-hybridized carbons (Fsp3) is 0.731. The van der Waals surface area contributed by atoms with Crippen molar-refractivity contribution in [3.63, 3.8) is 0 Å². The van der Waals surface area contributed by atoms with E-state index in [0.717, 1.165) is 50.3 Å². The number of unbranched alkanes of at least 4 members (excludes halogenated alkanes) is 4. The summed E-state index contributed by atoms with van der Waals surface area (Å²) >= 11 is 12.3. The van der Waals surface area contributed by atoms with Crippen LogP contribution < -0.4 is 0 Å². The standard InChI is InChI=1S/C26H42Cl2N2O/c1-4-5-6-7-8-11-26(31)30(20-22-12-13-24(27)25(28)19-22)23-14-17-29(18-15-23)16-9-10-21(2)3/h12-13,19,21,23H,4-11,14-18,20H2,1-3H3. The third kappa shape index (κ3) is 9.72. The number of rotatable bonds is 13. The first-order chi connectivity index (χ1) is 14.9. The first-order valence-corrected chi connectivity index (χ1v) is 13.1. The van der Waals surface area contributed by atoms with Crippen LogP contribution in [0.3, 0.4) is 0 Å². The van der Waals surface area contributed by atoms with E-state index in [4.69, 9.17) is 23.2 Å². The third-order valence-electron chi connectivity index (χ3n) is 6.41. The van der Waals surface area contributed by atoms with Gasteiger partial charge in [0.25, 0.3) is 0 Å². The molecule has 176 valence electrons. The molecular weight excluding hydrogens is 427 g/mol. The van der Waals surface area contributed by atoms with Crippen LogP contribution in [-0.2, 0) is 11.3 Å². The Morgan fingerprint density at radius 3 is 2.42 bits per heavy atom. The second kappa shape index (κ2) is 14.4. The molecule has 0 bridgehead atoms. The molecule has 0 radical (unpaired) electrons. The van der Waals surface area contributed by atoms with Crippen molar-refractivity contribution < 1.29 is 4.79 Å². The van der Waals surface area contributed by atoms with Gasteiger partial charge in [-0.25, -0.2) is 0 Å². The van der Waals surface area contributed by atoms with Gasteiger partial charge in [-0.2, -0.15) is 0 Å². The van der Waals surface area contributed by atoms with Crippen molar-refractivity contribution in [3.05, 3.63) is 33.8 Å². The number of amides is 1. The highest BCUT2D eigenvalue weighted by atomic mass is 35.5. The van der Waals surface area contributed by atoms with Crippen LogP contribution in [0.2, 0.25) is 10.0 Å². The Balaban J connectivity index is 1.95. The number of carbonyl (C=O) groups is 1. The van der Waals surface area contributed by atoms with Gasteiger partial charge < -0.3 is 9.80 Å². The molecule has 0 atom stereocenters. The van der Waals surface area contributed by atoms with E-state index < -0.39 is 0 Å². The molecular formula is C26H42Cl2N2O. The van der Waals surface area contributed by atoms with E-state index in [1.807, 2.05) is 18.2 Å². The van der Waals surface area contributed by atoms with Gasteiger partial charge in [0, 0.05) is 32.1 Å². The van der Waals surface area contributed by atoms with Crippen LogP contribution in [0.25, 0.3) is 0 Å². The molecule has 3 nitrogen and oxygen atoms in total. The topological polar surface area (TPSA) is 23.6 Å². The van der Waals surface area contributed by atoms with E-state index >= 15 is 0 Å². The lowest BCUT2D eigenvalue weighted by Crippen LogP contribution is -2.47. The maximum absolute atomic E-state index is 13.2. The lowest BCUT2D eigenvalue weighted by molar-refractivity contribution is -0.135. The number of hydrogen-bond donors (Lipinski definition) is 0. The first kappa shape index (κ1) is 26.5. The number of benzene rings is 1. The molecule has 1 heterocycles. The number of hydrogen-bond acceptors (Lipinski definition) is 2. The number of likely N-dealkylation sites (tertiary alicyclic amines) is 1. The second-order valence-corrected chi connectivity index (χ2v) is 10.4. The largest absolute Gasteiger partial charge is 0.335 e. The molecule has 1 aliphatic rings. The van der Waals surface area contributed by atoms with Gasteiger partial charge in [-0.05, 0) is 62.3 Å². The molecule has 0 unspecified atom stereocenters. The van der Waals surface area contributed by atoms with Crippen molar-refractivity contribution in [2.75, 3.05) is 19.6 Å². The third-order valence-corrected chi connectivity index (χ3v) is 7.14. The lowest BCUT2D eigenvalue weighted by Gasteiger charge is -2.39. The molecule has 0 aliphatic carbocycles. The van der Waals surface area contributed by atoms with E-state index in [0.29, 0.717) is 35.0 Å². The molecule has 2 rings (SSSR count). The van der Waals surface area contributed by atoms with Crippen molar-refractivity contribution in [3.8, 4) is 0 Å². The number of carbonyl (C=O) groups excluding carboxylic acids is 1. The summed E-state index contributed by atoms with van der Waals surface area (Å²) in [6.07, 6.45) is 11.2. The fourth-order valence-corrected chi connectivity index (χ4v) is 4.78. The fourth-order valence-electron chi connectivity index (χ4n) is 4.46. The number of piperidine rings is 1. The van der Waals surface area contributed by atoms with E-state index in [1.165, 1.54) is 38.6 Å². The molecule has 1 amide bonds. The second-order valence-electron chi connectivity index (χ2n) is 9.54. The summed E-state index contributed by atoms with van der Waals surface area (Å²) in [7, 11) is 0. The smallest absolute Gasteiger partial charge is 0.223 e. The van der Waals surface area contributed by atoms with Crippen molar-refractivity contribution >= 4 is 29.1 Å². The summed E-state index contributed by atoms with van der Waals surface area (Å²) in [4.78, 5) is 17.9. The zero-order chi connectivity index (χ0) is 22.6. The van der Waals surface area contributed by atoms with Crippen LogP contribution in [-0.4, -0.2) is 41.4 Å². The minimum absolute atomic E-state index is 0.292. The van der Waals surface area contributed by atoms with Gasteiger partial charge in [0.1, 0.15) is 0 Å². The highest BCUT2D eigenvalue weighted by Crippen LogP contribution is 2.26. The average molecular weight is 470 g/mol. The van der Waals surface area contributed by atoms with E-state index in [2.05, 4.69) is 30.6 Å². The summed E-state index contributed by atoms with van der Waals surface area (Å²) in [5.41, 5.74) is 1.06. The normalized spacial score (nSPS) is 15.5. The Bertz CT molecular complexity index is 657. The van der Waals surface area contributed by atoms with E-state index in [-0.39, 0.29) is 0 Å². The van der Waals surface area contributed by atoms with Gasteiger partial charge in [-0.1, -0.05) is 75.7 Å². The predicted molar refractivity (Wildman–Crippen MR) is 134 cm³/mol. The summed E-state index contributed by atoms with van der Waals surface area (Å²) in [6.45, 7) is 10.8. The lowest BCUT2D eigenvalue weighted by atomic mass is 10.00. The molecule has 1 saturated heterocycles. The molecule has 1 aromatic carbocycles. The maximum atomic E-state index is 13.2. The van der Waals surface area contributed by atoms with Crippen molar-refractivity contribution in [2.45, 2.75) is 97.6 Å². The van der Waals surface area contributed by atoms with Gasteiger partial charge >= 0.3 is 0 Å². The van der Waals surface area contributed by atoms with Gasteiger partial charge in [-0.3, -0.25) is 4.79 Å². The zero-order valence-electron chi connectivity index (χ0n) is 19.8. The van der Waals surface area contributed by atoms with Crippen LogP contribution in [0.5, 0.6) is 0 Å². The van der Waals surface area contributed by atoms with Crippen molar-refractivity contribution in [1.82, 2.24) is 9.80 Å². The molecule has 1 fully saturated rings. The van der Waals surface area contributed by atoms with Crippen LogP contribution in [0.1, 0.15) is 90.5 Å². The van der Waals surface area contributed by atoms with Crippen LogP contribution in [0.15, 0.2) is 18.2 Å². The highest BCUT2D eigenvalue weighted by Gasteiger charge is 2.27. The summed E-state index contributed by atoms with van der Waals surface area (Å²) in [5, 5.41) is 1.13. The average Bonchev–Trinajstić information content (AvgIpc) is 2.74.